The molecule has 2 aromatic rings. The second-order valence-electron chi connectivity index (χ2n) is 6.28. The molecule has 0 amide bonds. The molecule has 0 saturated heterocycles. The van der Waals surface area contributed by atoms with Gasteiger partial charge in [0.1, 0.15) is 0 Å². The molecular formula is C16H22N2S. The molecule has 1 saturated carbocycles. The van der Waals surface area contributed by atoms with Crippen LogP contribution in [-0.2, 0) is 6.42 Å². The van der Waals surface area contributed by atoms with E-state index in [0.717, 1.165) is 30.9 Å². The van der Waals surface area contributed by atoms with E-state index < -0.39 is 0 Å². The van der Waals surface area contributed by atoms with Crippen LogP contribution in [0.15, 0.2) is 24.3 Å². The van der Waals surface area contributed by atoms with Gasteiger partial charge >= 0.3 is 0 Å². The molecule has 0 bridgehead atoms. The lowest BCUT2D eigenvalue weighted by molar-refractivity contribution is 0.431. The summed E-state index contributed by atoms with van der Waals surface area (Å²) in [5.41, 5.74) is 1.66. The first-order valence-corrected chi connectivity index (χ1v) is 8.04. The summed E-state index contributed by atoms with van der Waals surface area (Å²) in [5, 5.41) is 4.93. The van der Waals surface area contributed by atoms with Gasteiger partial charge in [-0.2, -0.15) is 0 Å². The maximum absolute atomic E-state index is 4.77. The van der Waals surface area contributed by atoms with E-state index in [0.29, 0.717) is 5.41 Å². The summed E-state index contributed by atoms with van der Waals surface area (Å²) < 4.78 is 1.32. The molecule has 1 aliphatic carbocycles. The van der Waals surface area contributed by atoms with Crippen molar-refractivity contribution in [1.82, 2.24) is 10.3 Å². The first kappa shape index (κ1) is 13.1. The van der Waals surface area contributed by atoms with Crippen molar-refractivity contribution in [1.29, 1.82) is 0 Å². The Bertz CT molecular complexity index is 522. The number of rotatable bonds is 6. The summed E-state index contributed by atoms with van der Waals surface area (Å²) >= 11 is 1.87. The van der Waals surface area contributed by atoms with Crippen LogP contribution >= 0.6 is 11.3 Å². The number of nitrogens with one attached hydrogen (secondary N) is 1. The van der Waals surface area contributed by atoms with Crippen LogP contribution in [0.25, 0.3) is 10.2 Å². The number of benzene rings is 1. The van der Waals surface area contributed by atoms with E-state index in [1.165, 1.54) is 22.5 Å². The lowest BCUT2D eigenvalue weighted by Gasteiger charge is -2.15. The summed E-state index contributed by atoms with van der Waals surface area (Å²) in [6.45, 7) is 6.81. The van der Waals surface area contributed by atoms with Crippen LogP contribution in [0.2, 0.25) is 0 Å². The van der Waals surface area contributed by atoms with Gasteiger partial charge in [-0.1, -0.05) is 26.0 Å². The molecule has 2 nitrogen and oxygen atoms in total. The molecule has 0 spiro atoms. The Kier molecular flexibility index (Phi) is 3.59. The molecule has 0 unspecified atom stereocenters. The minimum Gasteiger partial charge on any atom is -0.316 e. The fourth-order valence-corrected chi connectivity index (χ4v) is 3.68. The molecule has 3 heteroatoms. The van der Waals surface area contributed by atoms with Crippen molar-refractivity contribution in [3.05, 3.63) is 29.3 Å². The highest BCUT2D eigenvalue weighted by Crippen LogP contribution is 2.48. The third-order valence-corrected chi connectivity index (χ3v) is 4.91. The van der Waals surface area contributed by atoms with Crippen molar-refractivity contribution in [3.8, 4) is 0 Å². The molecule has 3 rings (SSSR count). The molecule has 1 aliphatic rings. The Hall–Kier alpha value is -0.930. The van der Waals surface area contributed by atoms with Gasteiger partial charge in [0.25, 0.3) is 0 Å². The summed E-state index contributed by atoms with van der Waals surface area (Å²) in [5.74, 6) is 0.734. The van der Waals surface area contributed by atoms with Gasteiger partial charge < -0.3 is 5.32 Å². The molecule has 19 heavy (non-hydrogen) atoms. The van der Waals surface area contributed by atoms with Crippen LogP contribution < -0.4 is 5.32 Å². The third kappa shape index (κ3) is 3.15. The fourth-order valence-electron chi connectivity index (χ4n) is 2.54. The maximum atomic E-state index is 4.77. The molecular weight excluding hydrogens is 252 g/mol. The summed E-state index contributed by atoms with van der Waals surface area (Å²) in [6, 6.07) is 8.46. The quantitative estimate of drug-likeness (QED) is 0.865. The monoisotopic (exact) mass is 274 g/mol. The predicted molar refractivity (Wildman–Crippen MR) is 82.7 cm³/mol. The number of hydrogen-bond acceptors (Lipinski definition) is 3. The van der Waals surface area contributed by atoms with Crippen LogP contribution in [0.4, 0.5) is 0 Å². The summed E-state index contributed by atoms with van der Waals surface area (Å²) in [7, 11) is 0. The van der Waals surface area contributed by atoms with E-state index in [9.17, 15) is 0 Å². The van der Waals surface area contributed by atoms with E-state index >= 15 is 0 Å². The Morgan fingerprint density at radius 3 is 2.79 bits per heavy atom. The number of hydrogen-bond donors (Lipinski definition) is 1. The van der Waals surface area contributed by atoms with E-state index in [4.69, 9.17) is 4.98 Å². The van der Waals surface area contributed by atoms with E-state index in [1.54, 1.807) is 0 Å². The SMILES string of the molecule is CC(C)CNCC1(Cc2nc3ccccc3s2)CC1. The first-order valence-electron chi connectivity index (χ1n) is 7.22. The van der Waals surface area contributed by atoms with Gasteiger partial charge in [0.2, 0.25) is 0 Å². The molecule has 0 atom stereocenters. The fraction of sp³-hybridized carbons (Fsp3) is 0.562. The molecule has 0 aliphatic heterocycles. The lowest BCUT2D eigenvalue weighted by Crippen LogP contribution is -2.28. The van der Waals surface area contributed by atoms with Crippen LogP contribution in [0, 0.1) is 11.3 Å². The highest BCUT2D eigenvalue weighted by Gasteiger charge is 2.42. The predicted octanol–water partition coefficient (Wildman–Crippen LogP) is 3.86. The van der Waals surface area contributed by atoms with Crippen LogP contribution in [-0.4, -0.2) is 18.1 Å². The second kappa shape index (κ2) is 5.22. The molecule has 102 valence electrons. The van der Waals surface area contributed by atoms with Crippen molar-refractivity contribution in [3.63, 3.8) is 0 Å². The normalized spacial score (nSPS) is 17.2. The smallest absolute Gasteiger partial charge is 0.0944 e. The number of aromatic nitrogens is 1. The van der Waals surface area contributed by atoms with Crippen molar-refractivity contribution < 1.29 is 0 Å². The molecule has 1 aromatic carbocycles. The van der Waals surface area contributed by atoms with Gasteiger partial charge in [-0.25, -0.2) is 4.98 Å². The van der Waals surface area contributed by atoms with Crippen LogP contribution in [0.3, 0.4) is 0 Å². The maximum Gasteiger partial charge on any atom is 0.0944 e. The van der Waals surface area contributed by atoms with Crippen molar-refractivity contribution in [2.24, 2.45) is 11.3 Å². The molecule has 0 radical (unpaired) electrons. The van der Waals surface area contributed by atoms with Crippen molar-refractivity contribution >= 4 is 21.6 Å². The molecule has 1 heterocycles. The Labute approximate surface area is 119 Å². The molecule has 1 N–H and O–H groups in total. The van der Waals surface area contributed by atoms with E-state index in [-0.39, 0.29) is 0 Å². The zero-order valence-electron chi connectivity index (χ0n) is 11.8. The Balaban J connectivity index is 1.64. The second-order valence-corrected chi connectivity index (χ2v) is 7.39. The highest BCUT2D eigenvalue weighted by molar-refractivity contribution is 7.18. The first-order chi connectivity index (χ1) is 9.17. The van der Waals surface area contributed by atoms with E-state index in [1.807, 2.05) is 11.3 Å². The van der Waals surface area contributed by atoms with Crippen LogP contribution in [0.1, 0.15) is 31.7 Å². The lowest BCUT2D eigenvalue weighted by atomic mass is 10.0. The average Bonchev–Trinajstić information content (AvgIpc) is 3.00. The largest absolute Gasteiger partial charge is 0.316 e. The van der Waals surface area contributed by atoms with Gasteiger partial charge in [0.15, 0.2) is 0 Å². The zero-order valence-corrected chi connectivity index (χ0v) is 12.6. The molecule has 1 fully saturated rings. The third-order valence-electron chi connectivity index (χ3n) is 3.87. The van der Waals surface area contributed by atoms with Gasteiger partial charge in [0, 0.05) is 13.0 Å². The standard InChI is InChI=1S/C16H22N2S/c1-12(2)10-17-11-16(7-8-16)9-15-18-13-5-3-4-6-14(13)19-15/h3-6,12,17H,7-11H2,1-2H3. The van der Waals surface area contributed by atoms with Gasteiger partial charge in [0.05, 0.1) is 15.2 Å². The number of fused-ring (bicyclic) bond motifs is 1. The van der Waals surface area contributed by atoms with Gasteiger partial charge in [-0.15, -0.1) is 11.3 Å². The number of nitrogens with zero attached hydrogens (tertiary/aromatic N) is 1. The van der Waals surface area contributed by atoms with Crippen molar-refractivity contribution in [2.45, 2.75) is 33.1 Å². The van der Waals surface area contributed by atoms with Crippen LogP contribution in [0.5, 0.6) is 0 Å². The Morgan fingerprint density at radius 2 is 2.11 bits per heavy atom. The minimum absolute atomic E-state index is 0.503. The number of thiazole rings is 1. The zero-order chi connectivity index (χ0) is 13.3. The Morgan fingerprint density at radius 1 is 1.32 bits per heavy atom. The van der Waals surface area contributed by atoms with E-state index in [2.05, 4.69) is 43.4 Å². The average molecular weight is 274 g/mol. The topological polar surface area (TPSA) is 24.9 Å². The molecule has 1 aromatic heterocycles. The van der Waals surface area contributed by atoms with Gasteiger partial charge in [-0.05, 0) is 42.9 Å². The summed E-state index contributed by atoms with van der Waals surface area (Å²) in [6.07, 6.45) is 3.86. The van der Waals surface area contributed by atoms with Crippen molar-refractivity contribution in [2.75, 3.05) is 13.1 Å². The summed E-state index contributed by atoms with van der Waals surface area (Å²) in [4.78, 5) is 4.77. The van der Waals surface area contributed by atoms with Gasteiger partial charge in [-0.3, -0.25) is 0 Å². The minimum atomic E-state index is 0.503. The number of para-hydroxylation sites is 1. The highest BCUT2D eigenvalue weighted by atomic mass is 32.1.